The maximum Gasteiger partial charge on any atom is 0.162 e. The average molecular weight is 507 g/mol. The molecule has 4 rings (SSSR count). The summed E-state index contributed by atoms with van der Waals surface area (Å²) in [6, 6.07) is 10.7. The van der Waals surface area contributed by atoms with Crippen LogP contribution >= 0.6 is 0 Å². The lowest BCUT2D eigenvalue weighted by Gasteiger charge is -2.32. The van der Waals surface area contributed by atoms with E-state index in [2.05, 4.69) is 55.7 Å². The van der Waals surface area contributed by atoms with Gasteiger partial charge < -0.3 is 20.1 Å². The van der Waals surface area contributed by atoms with Gasteiger partial charge in [0.1, 0.15) is 24.3 Å². The molecule has 0 radical (unpaired) electrons. The van der Waals surface area contributed by atoms with Crippen LogP contribution in [-0.2, 0) is 0 Å². The molecule has 200 valence electrons. The highest BCUT2D eigenvalue weighted by Crippen LogP contribution is 2.33. The lowest BCUT2D eigenvalue weighted by Crippen LogP contribution is -2.34. The van der Waals surface area contributed by atoms with Crippen LogP contribution in [-0.4, -0.2) is 64.2 Å². The molecule has 2 heterocycles. The molecule has 0 spiro atoms. The molecule has 1 aliphatic rings. The fourth-order valence-corrected chi connectivity index (χ4v) is 5.28. The number of nitrogens with one attached hydrogen (secondary N) is 1. The standard InChI is InChI=1S/C29H42N6O2/c1-19(2)35-21(4)28(20(3)33-35)26-16-27(34(6)23-12-8-7-9-13-23)32-29(31-26)22-11-10-14-25(15-22)37-18-24(36)17-30-5/h10-11,14-16,19,23-24,30,36H,7-9,12-13,17-18H2,1-6H3. The van der Waals surface area contributed by atoms with E-state index in [4.69, 9.17) is 19.8 Å². The van der Waals surface area contributed by atoms with Crippen molar-refractivity contribution in [2.24, 2.45) is 0 Å². The Kier molecular flexibility index (Phi) is 8.82. The number of aliphatic hydroxyl groups excluding tert-OH is 1. The number of anilines is 1. The fourth-order valence-electron chi connectivity index (χ4n) is 5.28. The van der Waals surface area contributed by atoms with Crippen LogP contribution in [0.25, 0.3) is 22.6 Å². The minimum atomic E-state index is -0.576. The quantitative estimate of drug-likeness (QED) is 0.403. The molecular formula is C29H42N6O2. The van der Waals surface area contributed by atoms with Gasteiger partial charge in [0, 0.05) is 48.6 Å². The van der Waals surface area contributed by atoms with E-state index in [0.29, 0.717) is 24.2 Å². The SMILES string of the molecule is CNCC(O)COc1cccc(-c2nc(-c3c(C)nn(C(C)C)c3C)cc(N(C)C3CCCCC3)n2)c1. The molecular weight excluding hydrogens is 464 g/mol. The Labute approximate surface area is 221 Å². The second kappa shape index (κ2) is 12.0. The zero-order valence-electron chi connectivity index (χ0n) is 23.2. The third-order valence-corrected chi connectivity index (χ3v) is 7.24. The minimum absolute atomic E-state index is 0.216. The second-order valence-corrected chi connectivity index (χ2v) is 10.5. The number of aromatic nitrogens is 4. The van der Waals surface area contributed by atoms with Crippen LogP contribution in [0.5, 0.6) is 5.75 Å². The molecule has 0 aliphatic heterocycles. The second-order valence-electron chi connectivity index (χ2n) is 10.5. The molecule has 0 amide bonds. The maximum atomic E-state index is 10.0. The molecule has 2 aromatic heterocycles. The molecule has 37 heavy (non-hydrogen) atoms. The summed E-state index contributed by atoms with van der Waals surface area (Å²) in [6.45, 7) is 9.16. The van der Waals surface area contributed by atoms with Gasteiger partial charge in [-0.15, -0.1) is 0 Å². The molecule has 1 atom stereocenters. The van der Waals surface area contributed by atoms with Crippen molar-refractivity contribution in [2.45, 2.75) is 78.0 Å². The van der Waals surface area contributed by atoms with E-state index in [9.17, 15) is 5.11 Å². The number of benzene rings is 1. The fraction of sp³-hybridized carbons (Fsp3) is 0.552. The Hall–Kier alpha value is -2.97. The summed E-state index contributed by atoms with van der Waals surface area (Å²) in [6.07, 6.45) is 5.63. The largest absolute Gasteiger partial charge is 0.491 e. The van der Waals surface area contributed by atoms with E-state index >= 15 is 0 Å². The lowest BCUT2D eigenvalue weighted by atomic mass is 9.94. The Balaban J connectivity index is 1.75. The van der Waals surface area contributed by atoms with Gasteiger partial charge in [-0.3, -0.25) is 4.68 Å². The van der Waals surface area contributed by atoms with Crippen molar-refractivity contribution >= 4 is 5.82 Å². The van der Waals surface area contributed by atoms with Gasteiger partial charge in [0.15, 0.2) is 5.82 Å². The Morgan fingerprint density at radius 2 is 1.89 bits per heavy atom. The van der Waals surface area contributed by atoms with Crippen molar-refractivity contribution in [2.75, 3.05) is 32.1 Å². The monoisotopic (exact) mass is 506 g/mol. The van der Waals surface area contributed by atoms with Gasteiger partial charge in [0.05, 0.1) is 11.4 Å². The van der Waals surface area contributed by atoms with Crippen molar-refractivity contribution in [1.82, 2.24) is 25.1 Å². The summed E-state index contributed by atoms with van der Waals surface area (Å²) in [4.78, 5) is 12.4. The van der Waals surface area contributed by atoms with E-state index in [1.54, 1.807) is 0 Å². The van der Waals surface area contributed by atoms with E-state index in [1.165, 1.54) is 32.1 Å². The molecule has 3 aromatic rings. The zero-order chi connectivity index (χ0) is 26.5. The maximum absolute atomic E-state index is 10.0. The molecule has 1 aliphatic carbocycles. The van der Waals surface area contributed by atoms with Crippen molar-refractivity contribution < 1.29 is 9.84 Å². The number of hydrogen-bond donors (Lipinski definition) is 2. The molecule has 8 heteroatoms. The van der Waals surface area contributed by atoms with Gasteiger partial charge in [-0.05, 0) is 59.7 Å². The number of aryl methyl sites for hydroxylation is 1. The topological polar surface area (TPSA) is 88.3 Å². The number of rotatable bonds is 10. The number of likely N-dealkylation sites (N-methyl/N-ethyl adjacent to an activating group) is 1. The first kappa shape index (κ1) is 27.1. The van der Waals surface area contributed by atoms with Crippen LogP contribution in [0.3, 0.4) is 0 Å². The first-order valence-electron chi connectivity index (χ1n) is 13.5. The first-order chi connectivity index (χ1) is 17.8. The van der Waals surface area contributed by atoms with Gasteiger partial charge in [-0.2, -0.15) is 5.10 Å². The van der Waals surface area contributed by atoms with Gasteiger partial charge in [0.25, 0.3) is 0 Å². The van der Waals surface area contributed by atoms with E-state index < -0.39 is 6.10 Å². The normalized spacial score (nSPS) is 15.2. The predicted molar refractivity (Wildman–Crippen MR) is 149 cm³/mol. The van der Waals surface area contributed by atoms with Gasteiger partial charge in [-0.1, -0.05) is 31.4 Å². The van der Waals surface area contributed by atoms with E-state index in [1.807, 2.05) is 31.3 Å². The predicted octanol–water partition coefficient (Wildman–Crippen LogP) is 4.93. The molecule has 1 fully saturated rings. The van der Waals surface area contributed by atoms with Crippen LogP contribution in [0.2, 0.25) is 0 Å². The Morgan fingerprint density at radius 3 is 2.57 bits per heavy atom. The lowest BCUT2D eigenvalue weighted by molar-refractivity contribution is 0.108. The van der Waals surface area contributed by atoms with Gasteiger partial charge in [0.2, 0.25) is 0 Å². The zero-order valence-corrected chi connectivity index (χ0v) is 23.2. The van der Waals surface area contributed by atoms with Crippen LogP contribution in [0, 0.1) is 13.8 Å². The Bertz CT molecular complexity index is 1190. The summed E-state index contributed by atoms with van der Waals surface area (Å²) in [5, 5.41) is 17.8. The summed E-state index contributed by atoms with van der Waals surface area (Å²) >= 11 is 0. The van der Waals surface area contributed by atoms with Crippen molar-refractivity contribution in [3.05, 3.63) is 41.7 Å². The summed E-state index contributed by atoms with van der Waals surface area (Å²) < 4.78 is 7.94. The van der Waals surface area contributed by atoms with Crippen molar-refractivity contribution in [3.8, 4) is 28.4 Å². The van der Waals surface area contributed by atoms with Gasteiger partial charge >= 0.3 is 0 Å². The highest BCUT2D eigenvalue weighted by Gasteiger charge is 2.23. The van der Waals surface area contributed by atoms with Crippen LogP contribution < -0.4 is 15.0 Å². The molecule has 1 saturated carbocycles. The first-order valence-corrected chi connectivity index (χ1v) is 13.5. The Morgan fingerprint density at radius 1 is 1.14 bits per heavy atom. The number of hydrogen-bond acceptors (Lipinski definition) is 7. The number of nitrogens with zero attached hydrogens (tertiary/aromatic N) is 5. The van der Waals surface area contributed by atoms with Gasteiger partial charge in [-0.25, -0.2) is 9.97 Å². The van der Waals surface area contributed by atoms with Crippen LogP contribution in [0.15, 0.2) is 30.3 Å². The van der Waals surface area contributed by atoms with E-state index in [0.717, 1.165) is 34.0 Å². The molecule has 0 bridgehead atoms. The molecule has 8 nitrogen and oxygen atoms in total. The van der Waals surface area contributed by atoms with Crippen molar-refractivity contribution in [1.29, 1.82) is 0 Å². The molecule has 1 aromatic carbocycles. The molecule has 2 N–H and O–H groups in total. The van der Waals surface area contributed by atoms with Crippen LogP contribution in [0.4, 0.5) is 5.82 Å². The number of aliphatic hydroxyl groups is 1. The van der Waals surface area contributed by atoms with E-state index in [-0.39, 0.29) is 12.6 Å². The smallest absolute Gasteiger partial charge is 0.162 e. The minimum Gasteiger partial charge on any atom is -0.491 e. The highest BCUT2D eigenvalue weighted by molar-refractivity contribution is 5.71. The van der Waals surface area contributed by atoms with Crippen molar-refractivity contribution in [3.63, 3.8) is 0 Å². The summed E-state index contributed by atoms with van der Waals surface area (Å²) in [5.74, 6) is 2.27. The third-order valence-electron chi connectivity index (χ3n) is 7.24. The molecule has 1 unspecified atom stereocenters. The summed E-state index contributed by atoms with van der Waals surface area (Å²) in [5.41, 5.74) is 4.92. The third kappa shape index (κ3) is 6.30. The van der Waals surface area contributed by atoms with Crippen LogP contribution in [0.1, 0.15) is 63.4 Å². The summed E-state index contributed by atoms with van der Waals surface area (Å²) in [7, 11) is 3.97. The number of ether oxygens (including phenoxy) is 1. The average Bonchev–Trinajstić information content (AvgIpc) is 3.21. The molecule has 0 saturated heterocycles. The highest BCUT2D eigenvalue weighted by atomic mass is 16.5.